The first-order chi connectivity index (χ1) is 12.7. The SMILES string of the molecule is CCOc1ccc(C2CCCN2C(=O)COc2ccc(CC)cc2)cc1. The van der Waals surface area contributed by atoms with Gasteiger partial charge in [-0.1, -0.05) is 31.2 Å². The van der Waals surface area contributed by atoms with Crippen LogP contribution in [0.5, 0.6) is 11.5 Å². The van der Waals surface area contributed by atoms with Crippen molar-refractivity contribution in [2.24, 2.45) is 0 Å². The van der Waals surface area contributed by atoms with Crippen LogP contribution in [-0.4, -0.2) is 30.6 Å². The van der Waals surface area contributed by atoms with E-state index in [4.69, 9.17) is 9.47 Å². The molecule has 1 aliphatic rings. The Hall–Kier alpha value is -2.49. The number of carbonyl (C=O) groups excluding carboxylic acids is 1. The Morgan fingerprint density at radius 1 is 1.00 bits per heavy atom. The van der Waals surface area contributed by atoms with E-state index in [0.717, 1.165) is 42.9 Å². The van der Waals surface area contributed by atoms with Crippen LogP contribution >= 0.6 is 0 Å². The molecule has 0 bridgehead atoms. The topological polar surface area (TPSA) is 38.8 Å². The Labute approximate surface area is 155 Å². The van der Waals surface area contributed by atoms with E-state index in [2.05, 4.69) is 19.1 Å². The van der Waals surface area contributed by atoms with Gasteiger partial charge in [-0.05, 0) is 61.6 Å². The monoisotopic (exact) mass is 353 g/mol. The number of rotatable bonds is 7. The highest BCUT2D eigenvalue weighted by Crippen LogP contribution is 2.32. The largest absolute Gasteiger partial charge is 0.494 e. The second-order valence-corrected chi connectivity index (χ2v) is 6.53. The van der Waals surface area contributed by atoms with Crippen molar-refractivity contribution in [3.05, 3.63) is 59.7 Å². The molecule has 1 saturated heterocycles. The minimum Gasteiger partial charge on any atom is -0.494 e. The number of hydrogen-bond acceptors (Lipinski definition) is 3. The maximum Gasteiger partial charge on any atom is 0.261 e. The van der Waals surface area contributed by atoms with Crippen molar-refractivity contribution in [1.29, 1.82) is 0 Å². The molecule has 0 spiro atoms. The third kappa shape index (κ3) is 4.37. The Bertz CT molecular complexity index is 709. The van der Waals surface area contributed by atoms with E-state index in [0.29, 0.717) is 6.61 Å². The van der Waals surface area contributed by atoms with E-state index in [1.807, 2.05) is 48.2 Å². The van der Waals surface area contributed by atoms with Crippen LogP contribution in [0.3, 0.4) is 0 Å². The molecule has 0 saturated carbocycles. The van der Waals surface area contributed by atoms with Gasteiger partial charge in [0.1, 0.15) is 11.5 Å². The van der Waals surface area contributed by atoms with Gasteiger partial charge in [-0.15, -0.1) is 0 Å². The Balaban J connectivity index is 1.60. The van der Waals surface area contributed by atoms with Gasteiger partial charge in [-0.2, -0.15) is 0 Å². The summed E-state index contributed by atoms with van der Waals surface area (Å²) in [6.45, 7) is 5.62. The van der Waals surface area contributed by atoms with E-state index < -0.39 is 0 Å². The normalized spacial score (nSPS) is 16.5. The molecule has 0 radical (unpaired) electrons. The molecule has 1 fully saturated rings. The van der Waals surface area contributed by atoms with Crippen molar-refractivity contribution < 1.29 is 14.3 Å². The molecule has 1 aliphatic heterocycles. The third-order valence-electron chi connectivity index (χ3n) is 4.84. The van der Waals surface area contributed by atoms with Crippen molar-refractivity contribution >= 4 is 5.91 Å². The number of ether oxygens (including phenoxy) is 2. The molecule has 4 nitrogen and oxygen atoms in total. The number of benzene rings is 2. The molecule has 0 N–H and O–H groups in total. The van der Waals surface area contributed by atoms with Gasteiger partial charge in [0.2, 0.25) is 0 Å². The molecule has 0 aromatic heterocycles. The first kappa shape index (κ1) is 18.3. The predicted molar refractivity (Wildman–Crippen MR) is 103 cm³/mol. The number of hydrogen-bond donors (Lipinski definition) is 0. The van der Waals surface area contributed by atoms with E-state index in [1.54, 1.807) is 0 Å². The third-order valence-corrected chi connectivity index (χ3v) is 4.84. The van der Waals surface area contributed by atoms with Crippen LogP contribution in [0.2, 0.25) is 0 Å². The fourth-order valence-corrected chi connectivity index (χ4v) is 3.41. The highest BCUT2D eigenvalue weighted by atomic mass is 16.5. The van der Waals surface area contributed by atoms with Crippen LogP contribution in [-0.2, 0) is 11.2 Å². The summed E-state index contributed by atoms with van der Waals surface area (Å²) in [5, 5.41) is 0. The van der Waals surface area contributed by atoms with E-state index in [1.165, 1.54) is 5.56 Å². The smallest absolute Gasteiger partial charge is 0.261 e. The van der Waals surface area contributed by atoms with Gasteiger partial charge in [-0.25, -0.2) is 0 Å². The second kappa shape index (κ2) is 8.75. The lowest BCUT2D eigenvalue weighted by atomic mass is 10.0. The van der Waals surface area contributed by atoms with E-state index in [9.17, 15) is 4.79 Å². The van der Waals surface area contributed by atoms with Crippen molar-refractivity contribution in [2.45, 2.75) is 39.2 Å². The van der Waals surface area contributed by atoms with Gasteiger partial charge in [0.15, 0.2) is 6.61 Å². The summed E-state index contributed by atoms with van der Waals surface area (Å²) in [4.78, 5) is 14.6. The molecule has 3 rings (SSSR count). The number of aryl methyl sites for hydroxylation is 1. The van der Waals surface area contributed by atoms with Gasteiger partial charge in [0, 0.05) is 6.54 Å². The van der Waals surface area contributed by atoms with Crippen molar-refractivity contribution in [1.82, 2.24) is 4.90 Å². The van der Waals surface area contributed by atoms with Gasteiger partial charge in [0.05, 0.1) is 12.6 Å². The van der Waals surface area contributed by atoms with Gasteiger partial charge in [0.25, 0.3) is 5.91 Å². The lowest BCUT2D eigenvalue weighted by molar-refractivity contribution is -0.134. The Morgan fingerprint density at radius 2 is 1.65 bits per heavy atom. The number of carbonyl (C=O) groups is 1. The van der Waals surface area contributed by atoms with E-state index in [-0.39, 0.29) is 18.6 Å². The lowest BCUT2D eigenvalue weighted by Gasteiger charge is -2.25. The summed E-state index contributed by atoms with van der Waals surface area (Å²) >= 11 is 0. The van der Waals surface area contributed by atoms with Crippen LogP contribution in [0.4, 0.5) is 0 Å². The van der Waals surface area contributed by atoms with Gasteiger partial charge >= 0.3 is 0 Å². The van der Waals surface area contributed by atoms with Crippen LogP contribution in [0.25, 0.3) is 0 Å². The lowest BCUT2D eigenvalue weighted by Crippen LogP contribution is -2.34. The molecule has 1 atom stereocenters. The number of amides is 1. The predicted octanol–water partition coefficient (Wildman–Crippen LogP) is 4.39. The maximum atomic E-state index is 12.7. The maximum absolute atomic E-state index is 12.7. The zero-order valence-electron chi connectivity index (χ0n) is 15.6. The standard InChI is InChI=1S/C22H27NO3/c1-3-17-7-11-20(12-8-17)26-16-22(24)23-15-5-6-21(23)18-9-13-19(14-10-18)25-4-2/h7-14,21H,3-6,15-16H2,1-2H3. The summed E-state index contributed by atoms with van der Waals surface area (Å²) in [5.74, 6) is 1.65. The summed E-state index contributed by atoms with van der Waals surface area (Å²) in [6.07, 6.45) is 3.01. The summed E-state index contributed by atoms with van der Waals surface area (Å²) in [6, 6.07) is 16.1. The minimum atomic E-state index is 0.0425. The molecule has 4 heteroatoms. The first-order valence-corrected chi connectivity index (χ1v) is 9.45. The second-order valence-electron chi connectivity index (χ2n) is 6.53. The molecule has 138 valence electrons. The number of likely N-dealkylation sites (tertiary alicyclic amines) is 1. The molecule has 2 aromatic carbocycles. The molecule has 1 unspecified atom stereocenters. The summed E-state index contributed by atoms with van der Waals surface area (Å²) < 4.78 is 11.2. The molecule has 1 amide bonds. The Kier molecular flexibility index (Phi) is 6.16. The fraction of sp³-hybridized carbons (Fsp3) is 0.409. The first-order valence-electron chi connectivity index (χ1n) is 9.45. The molecule has 1 heterocycles. The molecule has 0 aliphatic carbocycles. The quantitative estimate of drug-likeness (QED) is 0.741. The van der Waals surface area contributed by atoms with Gasteiger partial charge < -0.3 is 14.4 Å². The fourth-order valence-electron chi connectivity index (χ4n) is 3.41. The zero-order chi connectivity index (χ0) is 18.4. The average molecular weight is 353 g/mol. The van der Waals surface area contributed by atoms with Crippen molar-refractivity contribution in [2.75, 3.05) is 19.8 Å². The molecular weight excluding hydrogens is 326 g/mol. The van der Waals surface area contributed by atoms with Crippen LogP contribution in [0.15, 0.2) is 48.5 Å². The minimum absolute atomic E-state index is 0.0425. The zero-order valence-corrected chi connectivity index (χ0v) is 15.6. The summed E-state index contributed by atoms with van der Waals surface area (Å²) in [5.41, 5.74) is 2.42. The summed E-state index contributed by atoms with van der Waals surface area (Å²) in [7, 11) is 0. The van der Waals surface area contributed by atoms with Crippen LogP contribution in [0, 0.1) is 0 Å². The number of nitrogens with zero attached hydrogens (tertiary/aromatic N) is 1. The highest BCUT2D eigenvalue weighted by Gasteiger charge is 2.30. The Morgan fingerprint density at radius 3 is 2.31 bits per heavy atom. The van der Waals surface area contributed by atoms with E-state index >= 15 is 0 Å². The van der Waals surface area contributed by atoms with Crippen molar-refractivity contribution in [3.8, 4) is 11.5 Å². The van der Waals surface area contributed by atoms with Gasteiger partial charge in [-0.3, -0.25) is 4.79 Å². The highest BCUT2D eigenvalue weighted by molar-refractivity contribution is 5.78. The van der Waals surface area contributed by atoms with Crippen LogP contribution in [0.1, 0.15) is 43.9 Å². The molecule has 26 heavy (non-hydrogen) atoms. The molecule has 2 aromatic rings. The van der Waals surface area contributed by atoms with Crippen molar-refractivity contribution in [3.63, 3.8) is 0 Å². The molecular formula is C22H27NO3. The van der Waals surface area contributed by atoms with Crippen LogP contribution < -0.4 is 9.47 Å². The average Bonchev–Trinajstić information content (AvgIpc) is 3.17.